The Morgan fingerprint density at radius 2 is 1.30 bits per heavy atom. The standard InChI is InChI=1S/C52H50N4O/c1-32-22-34(3)50(35(4)23-32)39-26-38(47-31-55(49-16-12-13-21-54(47)49)51-36(5)24-33(2)25-37(51)6)27-42(28-39)57-41-17-18-44-43-14-10-11-15-45(43)56(46(44)30-41)48-29-40(19-20-53-48)52(7,8)9/h10-31,49H,1-9H3. The van der Waals surface area contributed by atoms with E-state index in [9.17, 15) is 0 Å². The molecule has 0 spiro atoms. The third-order valence-corrected chi connectivity index (χ3v) is 11.5. The first-order valence-electron chi connectivity index (χ1n) is 20.0. The third-order valence-electron chi connectivity index (χ3n) is 11.5. The van der Waals surface area contributed by atoms with Gasteiger partial charge in [0.1, 0.15) is 23.5 Å². The molecule has 4 heterocycles. The van der Waals surface area contributed by atoms with Crippen molar-refractivity contribution < 1.29 is 4.74 Å². The molecule has 57 heavy (non-hydrogen) atoms. The minimum Gasteiger partial charge on any atom is -0.457 e. The fraction of sp³-hybridized carbons (Fsp3) is 0.212. The van der Waals surface area contributed by atoms with Crippen LogP contribution in [0.1, 0.15) is 65.3 Å². The zero-order valence-electron chi connectivity index (χ0n) is 34.5. The summed E-state index contributed by atoms with van der Waals surface area (Å²) in [4.78, 5) is 9.70. The predicted molar refractivity (Wildman–Crippen MR) is 238 cm³/mol. The van der Waals surface area contributed by atoms with Crippen molar-refractivity contribution in [2.45, 2.75) is 73.9 Å². The highest BCUT2D eigenvalue weighted by Gasteiger charge is 2.34. The monoisotopic (exact) mass is 746 g/mol. The molecule has 0 amide bonds. The van der Waals surface area contributed by atoms with Gasteiger partial charge in [-0.05, 0) is 147 Å². The summed E-state index contributed by atoms with van der Waals surface area (Å²) in [6.07, 6.45) is 13.0. The van der Waals surface area contributed by atoms with E-state index in [2.05, 4.69) is 204 Å². The Kier molecular flexibility index (Phi) is 8.73. The normalized spacial score (nSPS) is 15.2. The summed E-state index contributed by atoms with van der Waals surface area (Å²) in [5, 5.41) is 2.35. The van der Waals surface area contributed by atoms with Crippen molar-refractivity contribution in [1.29, 1.82) is 0 Å². The summed E-state index contributed by atoms with van der Waals surface area (Å²) in [5.41, 5.74) is 16.8. The van der Waals surface area contributed by atoms with Gasteiger partial charge in [-0.2, -0.15) is 0 Å². The summed E-state index contributed by atoms with van der Waals surface area (Å²) < 4.78 is 9.27. The Morgan fingerprint density at radius 1 is 0.614 bits per heavy atom. The van der Waals surface area contributed by atoms with Gasteiger partial charge in [0.25, 0.3) is 0 Å². The van der Waals surface area contributed by atoms with Crippen molar-refractivity contribution in [3.8, 4) is 28.4 Å². The van der Waals surface area contributed by atoms with Gasteiger partial charge in [0.15, 0.2) is 0 Å². The van der Waals surface area contributed by atoms with Gasteiger partial charge < -0.3 is 14.5 Å². The number of nitrogens with zero attached hydrogens (tertiary/aromatic N) is 4. The number of benzene rings is 5. The lowest BCUT2D eigenvalue weighted by Crippen LogP contribution is -2.36. The highest BCUT2D eigenvalue weighted by atomic mass is 16.5. The lowest BCUT2D eigenvalue weighted by atomic mass is 9.88. The Morgan fingerprint density at radius 3 is 2.04 bits per heavy atom. The van der Waals surface area contributed by atoms with Crippen LogP contribution in [0.4, 0.5) is 5.69 Å². The molecule has 2 aliphatic rings. The maximum atomic E-state index is 6.99. The van der Waals surface area contributed by atoms with Gasteiger partial charge in [0.2, 0.25) is 0 Å². The number of ether oxygens (including phenoxy) is 1. The van der Waals surface area contributed by atoms with Gasteiger partial charge in [-0.1, -0.05) is 80.4 Å². The van der Waals surface area contributed by atoms with Crippen LogP contribution in [0, 0.1) is 41.5 Å². The first kappa shape index (κ1) is 36.3. The molecule has 7 aromatic rings. The lowest BCUT2D eigenvalue weighted by Gasteiger charge is -2.33. The fourth-order valence-corrected chi connectivity index (χ4v) is 9.20. The van der Waals surface area contributed by atoms with Crippen molar-refractivity contribution in [1.82, 2.24) is 14.5 Å². The molecule has 0 aliphatic carbocycles. The smallest absolute Gasteiger partial charge is 0.137 e. The molecule has 284 valence electrons. The quantitative estimate of drug-likeness (QED) is 0.170. The molecule has 5 aromatic carbocycles. The van der Waals surface area contributed by atoms with Crippen molar-refractivity contribution in [3.05, 3.63) is 178 Å². The third kappa shape index (κ3) is 6.41. The van der Waals surface area contributed by atoms with Gasteiger partial charge >= 0.3 is 0 Å². The zero-order chi connectivity index (χ0) is 39.7. The molecular weight excluding hydrogens is 697 g/mol. The van der Waals surface area contributed by atoms with E-state index < -0.39 is 0 Å². The number of pyridine rings is 1. The van der Waals surface area contributed by atoms with E-state index in [0.29, 0.717) is 0 Å². The molecule has 2 aromatic heterocycles. The van der Waals surface area contributed by atoms with E-state index >= 15 is 0 Å². The Labute approximate surface area is 336 Å². The molecule has 0 fully saturated rings. The molecule has 0 N–H and O–H groups in total. The van der Waals surface area contributed by atoms with Crippen LogP contribution in [0.3, 0.4) is 0 Å². The van der Waals surface area contributed by atoms with Gasteiger partial charge in [0.05, 0.1) is 16.7 Å². The molecule has 5 heteroatoms. The second-order valence-corrected chi connectivity index (χ2v) is 17.0. The number of fused-ring (bicyclic) bond motifs is 4. The molecule has 1 unspecified atom stereocenters. The van der Waals surface area contributed by atoms with E-state index in [0.717, 1.165) is 50.6 Å². The largest absolute Gasteiger partial charge is 0.457 e. The van der Waals surface area contributed by atoms with E-state index in [4.69, 9.17) is 9.72 Å². The van der Waals surface area contributed by atoms with Crippen molar-refractivity contribution in [2.75, 3.05) is 4.90 Å². The molecule has 5 nitrogen and oxygen atoms in total. The SMILES string of the molecule is Cc1cc(C)c(-c2cc(Oc3ccc4c5ccccc5n(-c5cc(C(C)(C)C)ccn5)c4c3)cc(C3=CN(c4c(C)cc(C)cc4C)C4C=CC=CN34)c2)c(C)c1. The second-order valence-electron chi connectivity index (χ2n) is 17.0. The van der Waals surface area contributed by atoms with Crippen LogP contribution in [0.5, 0.6) is 11.5 Å². The Bertz CT molecular complexity index is 2800. The van der Waals surface area contributed by atoms with Crippen molar-refractivity contribution >= 4 is 33.2 Å². The number of rotatable bonds is 6. The number of allylic oxidation sites excluding steroid dienone is 2. The molecule has 2 aliphatic heterocycles. The summed E-state index contributed by atoms with van der Waals surface area (Å²) in [5.74, 6) is 2.45. The predicted octanol–water partition coefficient (Wildman–Crippen LogP) is 13.3. The van der Waals surface area contributed by atoms with Crippen LogP contribution in [-0.4, -0.2) is 20.6 Å². The highest BCUT2D eigenvalue weighted by Crippen LogP contribution is 2.43. The first-order valence-corrected chi connectivity index (χ1v) is 20.0. The maximum absolute atomic E-state index is 6.99. The van der Waals surface area contributed by atoms with Crippen LogP contribution in [0.25, 0.3) is 44.4 Å². The molecule has 9 rings (SSSR count). The van der Waals surface area contributed by atoms with Crippen molar-refractivity contribution in [3.63, 3.8) is 0 Å². The average molecular weight is 747 g/mol. The molecule has 0 bridgehead atoms. The van der Waals surface area contributed by atoms with Crippen LogP contribution in [0.15, 0.2) is 134 Å². The van der Waals surface area contributed by atoms with Crippen LogP contribution < -0.4 is 9.64 Å². The minimum absolute atomic E-state index is 0.00845. The summed E-state index contributed by atoms with van der Waals surface area (Å²) >= 11 is 0. The van der Waals surface area contributed by atoms with Crippen LogP contribution in [0.2, 0.25) is 0 Å². The number of anilines is 1. The number of hydrogen-bond donors (Lipinski definition) is 0. The van der Waals surface area contributed by atoms with Gasteiger partial charge in [-0.15, -0.1) is 0 Å². The minimum atomic E-state index is -0.00845. The maximum Gasteiger partial charge on any atom is 0.137 e. The lowest BCUT2D eigenvalue weighted by molar-refractivity contribution is 0.469. The van der Waals surface area contributed by atoms with Crippen molar-refractivity contribution in [2.24, 2.45) is 0 Å². The molecular formula is C52H50N4O. The Balaban J connectivity index is 1.21. The highest BCUT2D eigenvalue weighted by molar-refractivity contribution is 6.09. The molecule has 1 atom stereocenters. The summed E-state index contributed by atoms with van der Waals surface area (Å²) in [6, 6.07) is 35.2. The number of aryl methyl sites for hydroxylation is 6. The second kappa shape index (κ2) is 13.7. The topological polar surface area (TPSA) is 33.5 Å². The van der Waals surface area contributed by atoms with E-state index in [1.165, 1.54) is 55.6 Å². The van der Waals surface area contributed by atoms with E-state index in [1.54, 1.807) is 0 Å². The zero-order valence-corrected chi connectivity index (χ0v) is 34.5. The molecule has 0 saturated carbocycles. The van der Waals surface area contributed by atoms with Crippen LogP contribution >= 0.6 is 0 Å². The molecule has 0 radical (unpaired) electrons. The number of aromatic nitrogens is 2. The van der Waals surface area contributed by atoms with Gasteiger partial charge in [-0.25, -0.2) is 4.98 Å². The first-order chi connectivity index (χ1) is 27.3. The number of hydrogen-bond acceptors (Lipinski definition) is 4. The van der Waals surface area contributed by atoms with Gasteiger partial charge in [-0.3, -0.25) is 4.57 Å². The van der Waals surface area contributed by atoms with Gasteiger partial charge in [0, 0.05) is 46.7 Å². The summed E-state index contributed by atoms with van der Waals surface area (Å²) in [7, 11) is 0. The summed E-state index contributed by atoms with van der Waals surface area (Å²) in [6.45, 7) is 19.9. The number of para-hydroxylation sites is 1. The fourth-order valence-electron chi connectivity index (χ4n) is 9.20. The van der Waals surface area contributed by atoms with E-state index in [-0.39, 0.29) is 11.6 Å². The van der Waals surface area contributed by atoms with Crippen LogP contribution in [-0.2, 0) is 5.41 Å². The Hall–Kier alpha value is -6.33. The van der Waals surface area contributed by atoms with E-state index in [1.807, 2.05) is 6.20 Å². The average Bonchev–Trinajstić information content (AvgIpc) is 3.70. The molecule has 0 saturated heterocycles.